The van der Waals surface area contributed by atoms with Gasteiger partial charge in [-0.2, -0.15) is 0 Å². The molecule has 1 aromatic rings. The Labute approximate surface area is 113 Å². The highest BCUT2D eigenvalue weighted by atomic mass is 16.2. The molecular weight excluding hydrogens is 244 g/mol. The molecule has 3 amide bonds. The Morgan fingerprint density at radius 2 is 1.89 bits per heavy atom. The van der Waals surface area contributed by atoms with E-state index in [9.17, 15) is 9.59 Å². The normalized spacial score (nSPS) is 13.4. The van der Waals surface area contributed by atoms with Crippen LogP contribution in [0.25, 0.3) is 0 Å². The third-order valence-corrected chi connectivity index (χ3v) is 2.67. The van der Waals surface area contributed by atoms with E-state index in [1.807, 2.05) is 19.1 Å². The van der Waals surface area contributed by atoms with Gasteiger partial charge in [0.05, 0.1) is 6.04 Å². The van der Waals surface area contributed by atoms with Crippen LogP contribution in [0.1, 0.15) is 32.4 Å². The summed E-state index contributed by atoms with van der Waals surface area (Å²) in [7, 11) is 0. The number of imide groups is 1. The van der Waals surface area contributed by atoms with Crippen molar-refractivity contribution >= 4 is 11.9 Å². The van der Waals surface area contributed by atoms with Crippen molar-refractivity contribution in [3.63, 3.8) is 0 Å². The van der Waals surface area contributed by atoms with Crippen molar-refractivity contribution in [3.05, 3.63) is 30.1 Å². The summed E-state index contributed by atoms with van der Waals surface area (Å²) in [4.78, 5) is 26.9. The Morgan fingerprint density at radius 3 is 2.47 bits per heavy atom. The van der Waals surface area contributed by atoms with Gasteiger partial charge in [0.15, 0.2) is 0 Å². The molecule has 3 N–H and O–H groups in total. The lowest BCUT2D eigenvalue weighted by Crippen LogP contribution is -2.48. The van der Waals surface area contributed by atoms with E-state index >= 15 is 0 Å². The number of rotatable bonds is 5. The zero-order valence-electron chi connectivity index (χ0n) is 11.4. The molecule has 0 radical (unpaired) electrons. The number of carbonyl (C=O) groups is 2. The SMILES string of the molecule is CCNC(=O)NC(=O)C(C)NC(C)c1ccncc1. The molecule has 0 fully saturated rings. The molecule has 1 heterocycles. The molecule has 6 heteroatoms. The van der Waals surface area contributed by atoms with Gasteiger partial charge in [0.25, 0.3) is 0 Å². The van der Waals surface area contributed by atoms with E-state index in [-0.39, 0.29) is 11.9 Å². The Morgan fingerprint density at radius 1 is 1.26 bits per heavy atom. The monoisotopic (exact) mass is 264 g/mol. The fourth-order valence-corrected chi connectivity index (χ4v) is 1.62. The summed E-state index contributed by atoms with van der Waals surface area (Å²) < 4.78 is 0. The third-order valence-electron chi connectivity index (χ3n) is 2.67. The Kier molecular flexibility index (Phi) is 5.95. The molecule has 0 saturated heterocycles. The van der Waals surface area contributed by atoms with E-state index in [1.165, 1.54) is 0 Å². The first kappa shape index (κ1) is 15.1. The highest BCUT2D eigenvalue weighted by Crippen LogP contribution is 2.10. The maximum atomic E-state index is 11.7. The van der Waals surface area contributed by atoms with Gasteiger partial charge < -0.3 is 5.32 Å². The van der Waals surface area contributed by atoms with Crippen LogP contribution in [0, 0.1) is 0 Å². The molecule has 0 aliphatic rings. The predicted molar refractivity (Wildman–Crippen MR) is 72.5 cm³/mol. The van der Waals surface area contributed by atoms with Gasteiger partial charge >= 0.3 is 6.03 Å². The van der Waals surface area contributed by atoms with Gasteiger partial charge in [-0.15, -0.1) is 0 Å². The molecule has 0 aliphatic heterocycles. The molecule has 2 atom stereocenters. The number of nitrogens with one attached hydrogen (secondary N) is 3. The maximum Gasteiger partial charge on any atom is 0.321 e. The van der Waals surface area contributed by atoms with E-state index in [0.29, 0.717) is 6.54 Å². The van der Waals surface area contributed by atoms with Crippen LogP contribution >= 0.6 is 0 Å². The minimum Gasteiger partial charge on any atom is -0.338 e. The van der Waals surface area contributed by atoms with Crippen molar-refractivity contribution in [3.8, 4) is 0 Å². The van der Waals surface area contributed by atoms with E-state index < -0.39 is 12.1 Å². The van der Waals surface area contributed by atoms with Gasteiger partial charge in [-0.3, -0.25) is 20.4 Å². The number of carbonyl (C=O) groups excluding carboxylic acids is 2. The van der Waals surface area contributed by atoms with Crippen molar-refractivity contribution in [2.45, 2.75) is 32.9 Å². The van der Waals surface area contributed by atoms with Crippen LogP contribution in [0.2, 0.25) is 0 Å². The van der Waals surface area contributed by atoms with Gasteiger partial charge in [0.2, 0.25) is 5.91 Å². The van der Waals surface area contributed by atoms with Gasteiger partial charge in [-0.05, 0) is 38.5 Å². The largest absolute Gasteiger partial charge is 0.338 e. The number of urea groups is 1. The average molecular weight is 264 g/mol. The molecular formula is C13H20N4O2. The van der Waals surface area contributed by atoms with E-state index in [0.717, 1.165) is 5.56 Å². The maximum absolute atomic E-state index is 11.7. The number of aromatic nitrogens is 1. The average Bonchev–Trinajstić information content (AvgIpc) is 2.39. The number of amides is 3. The van der Waals surface area contributed by atoms with Gasteiger partial charge in [-0.25, -0.2) is 4.79 Å². The van der Waals surface area contributed by atoms with Crippen molar-refractivity contribution in [2.75, 3.05) is 6.54 Å². The fourth-order valence-electron chi connectivity index (χ4n) is 1.62. The first-order chi connectivity index (χ1) is 9.04. The smallest absolute Gasteiger partial charge is 0.321 e. The summed E-state index contributed by atoms with van der Waals surface area (Å²) in [5.74, 6) is -0.355. The summed E-state index contributed by atoms with van der Waals surface area (Å²) in [6, 6.07) is 2.82. The van der Waals surface area contributed by atoms with Gasteiger partial charge in [-0.1, -0.05) is 0 Å². The van der Waals surface area contributed by atoms with Crippen molar-refractivity contribution in [1.29, 1.82) is 0 Å². The van der Waals surface area contributed by atoms with E-state index in [1.54, 1.807) is 26.2 Å². The van der Waals surface area contributed by atoms with Crippen LogP contribution in [0.4, 0.5) is 4.79 Å². The summed E-state index contributed by atoms with van der Waals surface area (Å²) in [5, 5.41) is 7.91. The van der Waals surface area contributed by atoms with Crippen LogP contribution in [0.3, 0.4) is 0 Å². The minimum absolute atomic E-state index is 0.00186. The highest BCUT2D eigenvalue weighted by Gasteiger charge is 2.17. The van der Waals surface area contributed by atoms with Crippen LogP contribution in [-0.4, -0.2) is 29.5 Å². The molecule has 0 bridgehead atoms. The molecule has 0 aromatic carbocycles. The molecule has 1 rings (SSSR count). The van der Waals surface area contributed by atoms with Crippen LogP contribution in [-0.2, 0) is 4.79 Å². The second kappa shape index (κ2) is 7.48. The zero-order valence-corrected chi connectivity index (χ0v) is 11.4. The first-order valence-electron chi connectivity index (χ1n) is 6.29. The molecule has 0 saturated carbocycles. The number of hydrogen-bond donors (Lipinski definition) is 3. The lowest BCUT2D eigenvalue weighted by atomic mass is 10.1. The topological polar surface area (TPSA) is 83.1 Å². The lowest BCUT2D eigenvalue weighted by molar-refractivity contribution is -0.121. The number of hydrogen-bond acceptors (Lipinski definition) is 4. The van der Waals surface area contributed by atoms with E-state index in [4.69, 9.17) is 0 Å². The molecule has 0 aliphatic carbocycles. The first-order valence-corrected chi connectivity index (χ1v) is 6.29. The third kappa shape index (κ3) is 5.05. The summed E-state index contributed by atoms with van der Waals surface area (Å²) >= 11 is 0. The van der Waals surface area contributed by atoms with Crippen molar-refractivity contribution in [1.82, 2.24) is 20.9 Å². The highest BCUT2D eigenvalue weighted by molar-refractivity contribution is 5.96. The second-order valence-electron chi connectivity index (χ2n) is 4.24. The van der Waals surface area contributed by atoms with Crippen LogP contribution in [0.15, 0.2) is 24.5 Å². The Bertz CT molecular complexity index is 422. The predicted octanol–water partition coefficient (Wildman–Crippen LogP) is 0.966. The Hall–Kier alpha value is -1.95. The molecule has 19 heavy (non-hydrogen) atoms. The summed E-state index contributed by atoms with van der Waals surface area (Å²) in [6.45, 7) is 5.93. The van der Waals surface area contributed by atoms with E-state index in [2.05, 4.69) is 20.9 Å². The van der Waals surface area contributed by atoms with Crippen molar-refractivity contribution < 1.29 is 9.59 Å². The summed E-state index contributed by atoms with van der Waals surface area (Å²) in [6.07, 6.45) is 3.40. The number of nitrogens with zero attached hydrogens (tertiary/aromatic N) is 1. The lowest BCUT2D eigenvalue weighted by Gasteiger charge is -2.19. The standard InChI is InChI=1S/C13H20N4O2/c1-4-15-13(19)17-12(18)10(3)16-9(2)11-5-7-14-8-6-11/h5-10,16H,4H2,1-3H3,(H2,15,17,18,19). The molecule has 2 unspecified atom stereocenters. The molecule has 0 spiro atoms. The zero-order chi connectivity index (χ0) is 14.3. The quantitative estimate of drug-likeness (QED) is 0.740. The molecule has 104 valence electrons. The summed E-state index contributed by atoms with van der Waals surface area (Å²) in [5.41, 5.74) is 1.03. The fraction of sp³-hybridized carbons (Fsp3) is 0.462. The van der Waals surface area contributed by atoms with Gasteiger partial charge in [0, 0.05) is 25.0 Å². The van der Waals surface area contributed by atoms with Crippen LogP contribution in [0.5, 0.6) is 0 Å². The molecule has 6 nitrogen and oxygen atoms in total. The van der Waals surface area contributed by atoms with Crippen LogP contribution < -0.4 is 16.0 Å². The molecule has 1 aromatic heterocycles. The Balaban J connectivity index is 2.48. The number of pyridine rings is 1. The van der Waals surface area contributed by atoms with Gasteiger partial charge in [0.1, 0.15) is 0 Å². The van der Waals surface area contributed by atoms with Crippen molar-refractivity contribution in [2.24, 2.45) is 0 Å². The minimum atomic E-state index is -0.474. The second-order valence-corrected chi connectivity index (χ2v) is 4.24.